The Morgan fingerprint density at radius 2 is 1.57 bits per heavy atom. The Hall–Kier alpha value is -3.70. The number of benzene rings is 2. The van der Waals surface area contributed by atoms with E-state index in [0.29, 0.717) is 42.6 Å². The van der Waals surface area contributed by atoms with Crippen molar-refractivity contribution in [2.45, 2.75) is 25.3 Å². The maximum Gasteiger partial charge on any atom is 0.267 e. The number of nitrogens with one attached hydrogen (secondary N) is 1. The van der Waals surface area contributed by atoms with Crippen molar-refractivity contribution in [2.24, 2.45) is 0 Å². The van der Waals surface area contributed by atoms with Crippen molar-refractivity contribution >= 4 is 46.7 Å². The van der Waals surface area contributed by atoms with Crippen molar-refractivity contribution in [3.8, 4) is 28.5 Å². The summed E-state index contributed by atoms with van der Waals surface area (Å²) in [6, 6.07) is 8.81. The summed E-state index contributed by atoms with van der Waals surface area (Å²) in [5.74, 6) is 0.512. The third-order valence-corrected chi connectivity index (χ3v) is 12.2. The standard InChI is InChI=1S/C35H46F2N6O5S3/c1-24-26(27-10-9-11-29(31(27)37)41-51(44,45)30-20-25(36)21-39-35(30)46-2)12-13-28-32(40-43(33(24)28)23-48-17-19-50(6,7)8)34-38-14-15-42(34)22-47-16-18-49(3,4)5/h9-15,20-21,41H,16-19,22-23H2,1-8H3. The number of imidazole rings is 1. The molecule has 16 heteroatoms. The number of rotatable bonds is 16. The van der Waals surface area contributed by atoms with E-state index in [1.807, 2.05) is 23.8 Å². The topological polar surface area (TPSA) is 122 Å². The van der Waals surface area contributed by atoms with Gasteiger partial charge >= 0.3 is 0 Å². The number of sulfonamides is 1. The molecular weight excluding hydrogens is 719 g/mol. The van der Waals surface area contributed by atoms with Gasteiger partial charge in [-0.25, -0.2) is 51.9 Å². The van der Waals surface area contributed by atoms with Crippen molar-refractivity contribution in [3.63, 3.8) is 0 Å². The zero-order valence-electron chi connectivity index (χ0n) is 30.2. The molecular formula is C35H46F2N6O5S3. The van der Waals surface area contributed by atoms with Crippen molar-refractivity contribution in [1.29, 1.82) is 0 Å². The average Bonchev–Trinajstić information content (AvgIpc) is 3.66. The highest BCUT2D eigenvalue weighted by Gasteiger charge is 2.26. The first kappa shape index (κ1) is 38.5. The van der Waals surface area contributed by atoms with Crippen molar-refractivity contribution in [1.82, 2.24) is 24.3 Å². The first-order chi connectivity index (χ1) is 24.0. The number of hydrogen-bond acceptors (Lipinski definition) is 8. The number of halogens is 2. The molecule has 0 saturated heterocycles. The van der Waals surface area contributed by atoms with Gasteiger partial charge in [0.1, 0.15) is 25.0 Å². The summed E-state index contributed by atoms with van der Waals surface area (Å²) in [4.78, 5) is 7.77. The fraction of sp³-hybridized carbons (Fsp3) is 0.400. The summed E-state index contributed by atoms with van der Waals surface area (Å²) >= 11 is 0. The summed E-state index contributed by atoms with van der Waals surface area (Å²) in [7, 11) is -4.74. The van der Waals surface area contributed by atoms with Crippen LogP contribution in [0.25, 0.3) is 33.5 Å². The SMILES string of the molecule is COc1ncc(F)cc1S(=O)(=O)Nc1cccc(-c2ccc3c(-c4nccn4COCCS(C)(C)C)nn(COCCS(C)(C)C)c3c2C)c1F. The number of methoxy groups -OCH3 is 1. The number of ether oxygens (including phenoxy) is 3. The van der Waals surface area contributed by atoms with Crippen LogP contribution in [0, 0.1) is 18.6 Å². The molecule has 0 atom stereocenters. The molecule has 1 N–H and O–H groups in total. The lowest BCUT2D eigenvalue weighted by Crippen LogP contribution is -2.16. The zero-order chi connectivity index (χ0) is 37.1. The molecule has 51 heavy (non-hydrogen) atoms. The summed E-state index contributed by atoms with van der Waals surface area (Å²) in [6.07, 6.45) is 17.8. The molecule has 0 aliphatic carbocycles. The number of hydrogen-bond donors (Lipinski definition) is 1. The van der Waals surface area contributed by atoms with E-state index < -0.39 is 46.6 Å². The molecule has 0 aliphatic rings. The molecule has 3 aromatic heterocycles. The van der Waals surface area contributed by atoms with Crippen molar-refractivity contribution in [2.75, 3.05) is 74.1 Å². The van der Waals surface area contributed by atoms with Crippen LogP contribution in [0.15, 0.2) is 59.9 Å². The summed E-state index contributed by atoms with van der Waals surface area (Å²) < 4.78 is 79.9. The quantitative estimate of drug-likeness (QED) is 0.110. The molecule has 0 fully saturated rings. The molecule has 2 aromatic carbocycles. The Morgan fingerprint density at radius 1 is 0.882 bits per heavy atom. The van der Waals surface area contributed by atoms with E-state index in [4.69, 9.17) is 19.3 Å². The molecule has 0 unspecified atom stereocenters. The summed E-state index contributed by atoms with van der Waals surface area (Å²) in [6.45, 7) is 3.52. The fourth-order valence-electron chi connectivity index (χ4n) is 5.33. The van der Waals surface area contributed by atoms with Crippen LogP contribution >= 0.6 is 20.1 Å². The number of aryl methyl sites for hydroxylation is 1. The minimum atomic E-state index is -4.48. The van der Waals surface area contributed by atoms with Crippen LogP contribution < -0.4 is 9.46 Å². The van der Waals surface area contributed by atoms with Crippen LogP contribution in [-0.2, 0) is 33.0 Å². The predicted molar refractivity (Wildman–Crippen MR) is 205 cm³/mol. The maximum absolute atomic E-state index is 16.3. The second kappa shape index (κ2) is 15.5. The molecule has 0 radical (unpaired) electrons. The predicted octanol–water partition coefficient (Wildman–Crippen LogP) is 6.69. The van der Waals surface area contributed by atoms with E-state index in [1.54, 1.807) is 29.1 Å². The van der Waals surface area contributed by atoms with Gasteiger partial charge in [-0.1, -0.05) is 18.2 Å². The lowest BCUT2D eigenvalue weighted by Gasteiger charge is -2.24. The fourth-order valence-corrected chi connectivity index (χ4v) is 7.76. The van der Waals surface area contributed by atoms with Crippen molar-refractivity contribution in [3.05, 3.63) is 72.2 Å². The van der Waals surface area contributed by atoms with Gasteiger partial charge in [-0.15, -0.1) is 0 Å². The monoisotopic (exact) mass is 764 g/mol. The lowest BCUT2D eigenvalue weighted by molar-refractivity contribution is 0.0839. The van der Waals surface area contributed by atoms with E-state index in [9.17, 15) is 12.8 Å². The van der Waals surface area contributed by atoms with Gasteiger partial charge in [-0.05, 0) is 67.7 Å². The zero-order valence-corrected chi connectivity index (χ0v) is 32.6. The van der Waals surface area contributed by atoms with E-state index in [2.05, 4.69) is 52.2 Å². The van der Waals surface area contributed by atoms with Crippen LogP contribution in [0.1, 0.15) is 5.56 Å². The normalized spacial score (nSPS) is 13.1. The largest absolute Gasteiger partial charge is 0.480 e. The number of anilines is 1. The summed E-state index contributed by atoms with van der Waals surface area (Å²) in [5, 5.41) is 5.75. The van der Waals surface area contributed by atoms with Crippen LogP contribution in [0.2, 0.25) is 0 Å². The van der Waals surface area contributed by atoms with Crippen LogP contribution in [0.4, 0.5) is 14.5 Å². The van der Waals surface area contributed by atoms with E-state index in [0.717, 1.165) is 34.7 Å². The first-order valence-electron chi connectivity index (χ1n) is 16.0. The van der Waals surface area contributed by atoms with Crippen LogP contribution in [0.3, 0.4) is 0 Å². The highest BCUT2D eigenvalue weighted by Crippen LogP contribution is 2.38. The second-order valence-electron chi connectivity index (χ2n) is 13.8. The van der Waals surface area contributed by atoms with E-state index in [1.165, 1.54) is 13.2 Å². The molecule has 3 heterocycles. The number of aromatic nitrogens is 5. The Balaban J connectivity index is 1.54. The van der Waals surface area contributed by atoms with Gasteiger partial charge in [-0.2, -0.15) is 5.10 Å². The van der Waals surface area contributed by atoms with E-state index in [-0.39, 0.29) is 23.9 Å². The molecule has 5 aromatic rings. The molecule has 0 bridgehead atoms. The van der Waals surface area contributed by atoms with Gasteiger partial charge in [0.15, 0.2) is 16.5 Å². The minimum Gasteiger partial charge on any atom is -0.480 e. The van der Waals surface area contributed by atoms with Gasteiger partial charge < -0.3 is 18.8 Å². The number of nitrogens with zero attached hydrogens (tertiary/aromatic N) is 5. The maximum atomic E-state index is 16.3. The van der Waals surface area contributed by atoms with Gasteiger partial charge in [0.25, 0.3) is 10.0 Å². The molecule has 0 aliphatic heterocycles. The molecule has 0 saturated carbocycles. The lowest BCUT2D eigenvalue weighted by atomic mass is 9.97. The van der Waals surface area contributed by atoms with Crippen molar-refractivity contribution < 1.29 is 31.4 Å². The third-order valence-electron chi connectivity index (χ3n) is 8.02. The Kier molecular flexibility index (Phi) is 11.7. The van der Waals surface area contributed by atoms with E-state index >= 15 is 4.39 Å². The number of pyridine rings is 1. The molecule has 0 spiro atoms. The smallest absolute Gasteiger partial charge is 0.267 e. The van der Waals surface area contributed by atoms with Gasteiger partial charge in [0.2, 0.25) is 5.88 Å². The molecule has 278 valence electrons. The Bertz CT molecular complexity index is 2120. The minimum absolute atomic E-state index is 0.154. The number of fused-ring (bicyclic) bond motifs is 1. The average molecular weight is 765 g/mol. The van der Waals surface area contributed by atoms with Gasteiger partial charge in [-0.3, -0.25) is 4.72 Å². The molecule has 0 amide bonds. The van der Waals surface area contributed by atoms with Crippen LogP contribution in [-0.4, -0.2) is 102 Å². The summed E-state index contributed by atoms with van der Waals surface area (Å²) in [5.41, 5.74) is 2.40. The molecule has 11 nitrogen and oxygen atoms in total. The van der Waals surface area contributed by atoms with Gasteiger partial charge in [0.05, 0.1) is 37.7 Å². The Morgan fingerprint density at radius 3 is 2.24 bits per heavy atom. The third kappa shape index (κ3) is 9.21. The Labute approximate surface area is 301 Å². The highest BCUT2D eigenvalue weighted by molar-refractivity contribution is 8.32. The highest BCUT2D eigenvalue weighted by atomic mass is 32.3. The first-order valence-corrected chi connectivity index (χ1v) is 23.5. The molecule has 5 rings (SSSR count). The van der Waals surface area contributed by atoms with Gasteiger partial charge in [0, 0.05) is 40.9 Å². The second-order valence-corrected chi connectivity index (χ2v) is 24.6. The van der Waals surface area contributed by atoms with Crippen LogP contribution in [0.5, 0.6) is 5.88 Å².